The van der Waals surface area contributed by atoms with E-state index in [0.29, 0.717) is 18.9 Å². The average molecular weight is 413 g/mol. The standard InChI is InChI=1S/C22H24N2O4S/c1-3-5-12-23-20(25)14-24-21(26)19(29-22(24)27)13-17-16-9-7-6-8-15(16)10-11-18(17)28-4-2/h6-11,13H,3-5,12,14H2,1-2H3,(H,23,25)/b19-13-. The molecule has 0 spiro atoms. The van der Waals surface area contributed by atoms with Gasteiger partial charge >= 0.3 is 0 Å². The van der Waals surface area contributed by atoms with Gasteiger partial charge in [-0.15, -0.1) is 0 Å². The lowest BCUT2D eigenvalue weighted by Gasteiger charge is -2.13. The van der Waals surface area contributed by atoms with Gasteiger partial charge in [-0.2, -0.15) is 0 Å². The fourth-order valence-corrected chi connectivity index (χ4v) is 3.90. The van der Waals surface area contributed by atoms with Gasteiger partial charge in [0.25, 0.3) is 11.1 Å². The zero-order chi connectivity index (χ0) is 20.8. The molecule has 2 aromatic rings. The van der Waals surface area contributed by atoms with Gasteiger partial charge in [0.1, 0.15) is 12.3 Å². The fourth-order valence-electron chi connectivity index (χ4n) is 3.08. The van der Waals surface area contributed by atoms with Crippen molar-refractivity contribution < 1.29 is 19.1 Å². The van der Waals surface area contributed by atoms with Crippen LogP contribution in [0.3, 0.4) is 0 Å². The van der Waals surface area contributed by atoms with E-state index < -0.39 is 11.1 Å². The first-order chi connectivity index (χ1) is 14.0. The Labute approximate surface area is 174 Å². The first kappa shape index (κ1) is 20.9. The molecule has 152 valence electrons. The van der Waals surface area contributed by atoms with Gasteiger partial charge < -0.3 is 10.1 Å². The lowest BCUT2D eigenvalue weighted by atomic mass is 10.0. The number of fused-ring (bicyclic) bond motifs is 1. The summed E-state index contributed by atoms with van der Waals surface area (Å²) in [7, 11) is 0. The van der Waals surface area contributed by atoms with Gasteiger partial charge in [0.2, 0.25) is 5.91 Å². The molecule has 1 aliphatic heterocycles. The quantitative estimate of drug-likeness (QED) is 0.520. The number of benzene rings is 2. The molecule has 0 saturated carbocycles. The summed E-state index contributed by atoms with van der Waals surface area (Å²) >= 11 is 0.845. The number of carbonyl (C=O) groups excluding carboxylic acids is 3. The lowest BCUT2D eigenvalue weighted by Crippen LogP contribution is -2.39. The first-order valence-corrected chi connectivity index (χ1v) is 10.5. The van der Waals surface area contributed by atoms with Crippen molar-refractivity contribution in [2.45, 2.75) is 26.7 Å². The van der Waals surface area contributed by atoms with E-state index in [0.717, 1.165) is 45.8 Å². The molecule has 7 heteroatoms. The highest BCUT2D eigenvalue weighted by molar-refractivity contribution is 8.18. The van der Waals surface area contributed by atoms with Crippen molar-refractivity contribution in [1.29, 1.82) is 0 Å². The van der Waals surface area contributed by atoms with Crippen LogP contribution in [0.1, 0.15) is 32.3 Å². The molecule has 3 rings (SSSR count). The van der Waals surface area contributed by atoms with Crippen molar-refractivity contribution in [3.05, 3.63) is 46.9 Å². The second-order valence-corrected chi connectivity index (χ2v) is 7.60. The third-order valence-electron chi connectivity index (χ3n) is 4.53. The van der Waals surface area contributed by atoms with Crippen molar-refractivity contribution in [3.8, 4) is 5.75 Å². The predicted octanol–water partition coefficient (Wildman–Crippen LogP) is 4.19. The highest BCUT2D eigenvalue weighted by Crippen LogP contribution is 2.36. The molecule has 1 heterocycles. The van der Waals surface area contributed by atoms with Crippen molar-refractivity contribution >= 4 is 45.7 Å². The maximum Gasteiger partial charge on any atom is 0.294 e. The maximum atomic E-state index is 12.8. The van der Waals surface area contributed by atoms with Gasteiger partial charge in [0, 0.05) is 12.1 Å². The largest absolute Gasteiger partial charge is 0.493 e. The Bertz CT molecular complexity index is 970. The Morgan fingerprint density at radius 2 is 1.97 bits per heavy atom. The van der Waals surface area contributed by atoms with E-state index in [2.05, 4.69) is 5.32 Å². The topological polar surface area (TPSA) is 75.7 Å². The second-order valence-electron chi connectivity index (χ2n) is 6.60. The SMILES string of the molecule is CCCCNC(=O)CN1C(=O)S/C(=C\c2c(OCC)ccc3ccccc23)C1=O. The number of nitrogens with one attached hydrogen (secondary N) is 1. The lowest BCUT2D eigenvalue weighted by molar-refractivity contribution is -0.129. The van der Waals surface area contributed by atoms with Gasteiger partial charge in [0.05, 0.1) is 11.5 Å². The van der Waals surface area contributed by atoms with Gasteiger partial charge in [-0.25, -0.2) is 0 Å². The minimum Gasteiger partial charge on any atom is -0.493 e. The van der Waals surface area contributed by atoms with Gasteiger partial charge in [0.15, 0.2) is 0 Å². The number of thioether (sulfide) groups is 1. The summed E-state index contributed by atoms with van der Waals surface area (Å²) in [6.07, 6.45) is 3.50. The highest BCUT2D eigenvalue weighted by Gasteiger charge is 2.36. The van der Waals surface area contributed by atoms with Crippen LogP contribution in [-0.4, -0.2) is 41.6 Å². The molecule has 29 heavy (non-hydrogen) atoms. The summed E-state index contributed by atoms with van der Waals surface area (Å²) in [6, 6.07) is 11.6. The second kappa shape index (κ2) is 9.60. The average Bonchev–Trinajstić information content (AvgIpc) is 2.97. The molecule has 1 N–H and O–H groups in total. The number of amides is 3. The summed E-state index contributed by atoms with van der Waals surface area (Å²) in [5.74, 6) is -0.140. The van der Waals surface area contributed by atoms with Crippen LogP contribution in [0.4, 0.5) is 4.79 Å². The van der Waals surface area contributed by atoms with E-state index in [1.54, 1.807) is 6.08 Å². The van der Waals surface area contributed by atoms with E-state index in [-0.39, 0.29) is 17.4 Å². The molecule has 0 atom stereocenters. The molecule has 1 aliphatic rings. The Morgan fingerprint density at radius 1 is 1.17 bits per heavy atom. The smallest absolute Gasteiger partial charge is 0.294 e. The van der Waals surface area contributed by atoms with Crippen molar-refractivity contribution in [2.75, 3.05) is 19.7 Å². The van der Waals surface area contributed by atoms with Crippen molar-refractivity contribution in [3.63, 3.8) is 0 Å². The van der Waals surface area contributed by atoms with E-state index in [4.69, 9.17) is 4.74 Å². The number of carbonyl (C=O) groups is 3. The molecule has 3 amide bonds. The van der Waals surface area contributed by atoms with E-state index in [1.807, 2.05) is 50.2 Å². The molecule has 6 nitrogen and oxygen atoms in total. The summed E-state index contributed by atoms with van der Waals surface area (Å²) in [4.78, 5) is 38.4. The molecule has 0 aliphatic carbocycles. The van der Waals surface area contributed by atoms with Crippen LogP contribution in [0.15, 0.2) is 41.3 Å². The van der Waals surface area contributed by atoms with Crippen LogP contribution in [-0.2, 0) is 9.59 Å². The Kier molecular flexibility index (Phi) is 6.93. The Morgan fingerprint density at radius 3 is 2.72 bits per heavy atom. The zero-order valence-electron chi connectivity index (χ0n) is 16.6. The number of hydrogen-bond acceptors (Lipinski definition) is 5. The van der Waals surface area contributed by atoms with Gasteiger partial charge in [-0.1, -0.05) is 43.7 Å². The number of rotatable bonds is 8. The van der Waals surface area contributed by atoms with Crippen LogP contribution in [0.5, 0.6) is 5.75 Å². The maximum absolute atomic E-state index is 12.8. The molecule has 0 radical (unpaired) electrons. The summed E-state index contributed by atoms with van der Waals surface area (Å²) < 4.78 is 5.74. The minimum absolute atomic E-state index is 0.264. The molecule has 1 saturated heterocycles. The fraction of sp³-hybridized carbons (Fsp3) is 0.318. The third kappa shape index (κ3) is 4.79. The zero-order valence-corrected chi connectivity index (χ0v) is 17.4. The summed E-state index contributed by atoms with van der Waals surface area (Å²) in [6.45, 7) is 4.68. The van der Waals surface area contributed by atoms with Crippen LogP contribution in [0.25, 0.3) is 16.8 Å². The predicted molar refractivity (Wildman–Crippen MR) is 116 cm³/mol. The number of hydrogen-bond donors (Lipinski definition) is 1. The monoisotopic (exact) mass is 412 g/mol. The van der Waals surface area contributed by atoms with Gasteiger partial charge in [-0.05, 0) is 48.0 Å². The molecule has 0 bridgehead atoms. The molecule has 0 unspecified atom stereocenters. The number of unbranched alkanes of at least 4 members (excludes halogenated alkanes) is 1. The summed E-state index contributed by atoms with van der Waals surface area (Å²) in [5, 5.41) is 4.24. The number of ether oxygens (including phenoxy) is 1. The first-order valence-electron chi connectivity index (χ1n) is 9.71. The third-order valence-corrected chi connectivity index (χ3v) is 5.44. The van der Waals surface area contributed by atoms with Crippen LogP contribution in [0.2, 0.25) is 0 Å². The van der Waals surface area contributed by atoms with E-state index >= 15 is 0 Å². The van der Waals surface area contributed by atoms with Crippen LogP contribution >= 0.6 is 11.8 Å². The van der Waals surface area contributed by atoms with E-state index in [1.165, 1.54) is 0 Å². The molecule has 2 aromatic carbocycles. The highest BCUT2D eigenvalue weighted by atomic mass is 32.2. The Balaban J connectivity index is 1.88. The van der Waals surface area contributed by atoms with Crippen LogP contribution in [0, 0.1) is 0 Å². The number of imide groups is 1. The minimum atomic E-state index is -0.457. The van der Waals surface area contributed by atoms with Crippen LogP contribution < -0.4 is 10.1 Å². The number of nitrogens with zero attached hydrogens (tertiary/aromatic N) is 1. The molecule has 1 fully saturated rings. The van der Waals surface area contributed by atoms with Gasteiger partial charge in [-0.3, -0.25) is 19.3 Å². The van der Waals surface area contributed by atoms with Crippen molar-refractivity contribution in [1.82, 2.24) is 10.2 Å². The summed E-state index contributed by atoms with van der Waals surface area (Å²) in [5.41, 5.74) is 0.753. The normalized spacial score (nSPS) is 15.4. The van der Waals surface area contributed by atoms with E-state index in [9.17, 15) is 14.4 Å². The molecular weight excluding hydrogens is 388 g/mol. The Hall–Kier alpha value is -2.80. The molecular formula is C22H24N2O4S. The molecule has 0 aromatic heterocycles. The van der Waals surface area contributed by atoms with Crippen molar-refractivity contribution in [2.24, 2.45) is 0 Å².